The Morgan fingerprint density at radius 1 is 1.35 bits per heavy atom. The highest BCUT2D eigenvalue weighted by molar-refractivity contribution is 5.82. The molecule has 4 nitrogen and oxygen atoms in total. The number of hydrogen-bond donors (Lipinski definition) is 1. The van der Waals surface area contributed by atoms with Crippen molar-refractivity contribution in [2.75, 3.05) is 0 Å². The Hall–Kier alpha value is -2.17. The summed E-state index contributed by atoms with van der Waals surface area (Å²) in [5.74, 6) is -1.28. The molecule has 1 saturated carbocycles. The third kappa shape index (κ3) is 1.90. The third-order valence-electron chi connectivity index (χ3n) is 4.15. The lowest BCUT2D eigenvalue weighted by Gasteiger charge is -2.24. The quantitative estimate of drug-likeness (QED) is 0.936. The van der Waals surface area contributed by atoms with E-state index in [-0.39, 0.29) is 0 Å². The molecule has 1 aromatic carbocycles. The number of carbonyl (C=O) groups is 1. The molecular weight excluding hydrogens is 259 g/mol. The van der Waals surface area contributed by atoms with Gasteiger partial charge in [-0.25, -0.2) is 9.37 Å². The third-order valence-corrected chi connectivity index (χ3v) is 4.15. The number of aliphatic carboxylic acids is 1. The van der Waals surface area contributed by atoms with E-state index in [2.05, 4.69) is 4.98 Å². The highest BCUT2D eigenvalue weighted by atomic mass is 19.1. The molecule has 0 bridgehead atoms. The van der Waals surface area contributed by atoms with Crippen LogP contribution < -0.4 is 0 Å². The summed E-state index contributed by atoms with van der Waals surface area (Å²) in [5, 5.41) is 9.52. The van der Waals surface area contributed by atoms with Gasteiger partial charge in [0, 0.05) is 12.4 Å². The minimum Gasteiger partial charge on any atom is -0.481 e. The van der Waals surface area contributed by atoms with Crippen LogP contribution in [-0.4, -0.2) is 20.6 Å². The lowest BCUT2D eigenvalue weighted by atomic mass is 9.79. The molecule has 1 aliphatic rings. The second-order valence-corrected chi connectivity index (χ2v) is 5.23. The van der Waals surface area contributed by atoms with E-state index in [1.165, 1.54) is 12.4 Å². The highest BCUT2D eigenvalue weighted by Gasteiger charge is 2.43. The molecule has 1 heterocycles. The normalized spacial score (nSPS) is 17.2. The molecule has 0 atom stereocenters. The molecule has 0 spiro atoms. The zero-order valence-corrected chi connectivity index (χ0v) is 10.9. The largest absolute Gasteiger partial charge is 0.481 e. The number of hydrogen-bond acceptors (Lipinski definition) is 2. The fourth-order valence-electron chi connectivity index (χ4n) is 3.02. The van der Waals surface area contributed by atoms with Crippen LogP contribution in [-0.2, 0) is 10.2 Å². The first-order valence-electron chi connectivity index (χ1n) is 6.65. The van der Waals surface area contributed by atoms with E-state index in [0.717, 1.165) is 12.8 Å². The summed E-state index contributed by atoms with van der Waals surface area (Å²) >= 11 is 0. The van der Waals surface area contributed by atoms with E-state index in [1.807, 2.05) is 0 Å². The first kappa shape index (κ1) is 12.8. The molecule has 1 aromatic heterocycles. The van der Waals surface area contributed by atoms with E-state index in [9.17, 15) is 14.3 Å². The SMILES string of the molecule is O=C(O)C1(c2ccc(-n3ccnc3)c(F)c2)CCCC1. The van der Waals surface area contributed by atoms with Gasteiger partial charge in [0.1, 0.15) is 5.82 Å². The molecule has 1 aliphatic carbocycles. The van der Waals surface area contributed by atoms with Crippen LogP contribution in [0.15, 0.2) is 36.9 Å². The number of nitrogens with zero attached hydrogens (tertiary/aromatic N) is 2. The van der Waals surface area contributed by atoms with Gasteiger partial charge in [-0.05, 0) is 30.5 Å². The number of carboxylic acids is 1. The summed E-state index contributed by atoms with van der Waals surface area (Å²) in [6.45, 7) is 0. The van der Waals surface area contributed by atoms with Gasteiger partial charge in [-0.2, -0.15) is 0 Å². The van der Waals surface area contributed by atoms with Crippen molar-refractivity contribution in [3.63, 3.8) is 0 Å². The van der Waals surface area contributed by atoms with E-state index in [1.54, 1.807) is 29.1 Å². The Morgan fingerprint density at radius 2 is 2.10 bits per heavy atom. The van der Waals surface area contributed by atoms with Crippen molar-refractivity contribution in [1.82, 2.24) is 9.55 Å². The number of aromatic nitrogens is 2. The van der Waals surface area contributed by atoms with Gasteiger partial charge in [0.25, 0.3) is 0 Å². The predicted molar refractivity (Wildman–Crippen MR) is 71.3 cm³/mol. The molecule has 1 fully saturated rings. The van der Waals surface area contributed by atoms with Crippen molar-refractivity contribution in [2.45, 2.75) is 31.1 Å². The van der Waals surface area contributed by atoms with Gasteiger partial charge >= 0.3 is 5.97 Å². The number of benzene rings is 1. The first-order valence-corrected chi connectivity index (χ1v) is 6.65. The lowest BCUT2D eigenvalue weighted by Crippen LogP contribution is -2.32. The van der Waals surface area contributed by atoms with Gasteiger partial charge < -0.3 is 9.67 Å². The molecule has 0 unspecified atom stereocenters. The van der Waals surface area contributed by atoms with Crippen LogP contribution in [0.4, 0.5) is 4.39 Å². The predicted octanol–water partition coefficient (Wildman–Crippen LogP) is 2.91. The van der Waals surface area contributed by atoms with Crippen molar-refractivity contribution in [2.24, 2.45) is 0 Å². The summed E-state index contributed by atoms with van der Waals surface area (Å²) < 4.78 is 15.8. The number of imidazole rings is 1. The van der Waals surface area contributed by atoms with Gasteiger partial charge in [0.2, 0.25) is 0 Å². The summed E-state index contributed by atoms with van der Waals surface area (Å²) in [7, 11) is 0. The van der Waals surface area contributed by atoms with E-state index < -0.39 is 17.2 Å². The van der Waals surface area contributed by atoms with Crippen LogP contribution in [0.2, 0.25) is 0 Å². The minimum atomic E-state index is -0.922. The maximum Gasteiger partial charge on any atom is 0.314 e. The molecule has 2 aromatic rings. The Bertz CT molecular complexity index is 631. The standard InChI is InChI=1S/C15H15FN2O2/c16-12-9-11(15(14(19)20)5-1-2-6-15)3-4-13(12)18-8-7-17-10-18/h3-4,7-10H,1-2,5-6H2,(H,19,20). The Morgan fingerprint density at radius 3 is 2.65 bits per heavy atom. The Labute approximate surface area is 115 Å². The number of carboxylic acid groups (broad SMARTS) is 1. The topological polar surface area (TPSA) is 55.1 Å². The average Bonchev–Trinajstić information content (AvgIpc) is 3.11. The molecule has 1 N–H and O–H groups in total. The first-order chi connectivity index (χ1) is 9.63. The molecule has 0 radical (unpaired) electrons. The van der Waals surface area contributed by atoms with E-state index in [4.69, 9.17) is 0 Å². The highest BCUT2D eigenvalue weighted by Crippen LogP contribution is 2.41. The summed E-state index contributed by atoms with van der Waals surface area (Å²) in [6.07, 6.45) is 7.64. The van der Waals surface area contributed by atoms with Crippen molar-refractivity contribution in [1.29, 1.82) is 0 Å². The lowest BCUT2D eigenvalue weighted by molar-refractivity contribution is -0.143. The van der Waals surface area contributed by atoms with Crippen molar-refractivity contribution >= 4 is 5.97 Å². The van der Waals surface area contributed by atoms with Crippen LogP contribution in [0, 0.1) is 5.82 Å². The van der Waals surface area contributed by atoms with E-state index in [0.29, 0.717) is 24.1 Å². The average molecular weight is 274 g/mol. The van der Waals surface area contributed by atoms with Gasteiger partial charge in [0.05, 0.1) is 17.4 Å². The molecule has 0 amide bonds. The van der Waals surface area contributed by atoms with Crippen LogP contribution >= 0.6 is 0 Å². The van der Waals surface area contributed by atoms with Crippen molar-refractivity contribution in [3.05, 3.63) is 48.3 Å². The molecule has 3 rings (SSSR count). The van der Waals surface area contributed by atoms with Gasteiger partial charge in [0.15, 0.2) is 0 Å². The van der Waals surface area contributed by atoms with Crippen LogP contribution in [0.5, 0.6) is 0 Å². The van der Waals surface area contributed by atoms with Crippen LogP contribution in [0.25, 0.3) is 5.69 Å². The summed E-state index contributed by atoms with van der Waals surface area (Å²) in [5.41, 5.74) is 0.0163. The Balaban J connectivity index is 2.04. The molecule has 20 heavy (non-hydrogen) atoms. The molecule has 0 saturated heterocycles. The second-order valence-electron chi connectivity index (χ2n) is 5.23. The fourth-order valence-corrected chi connectivity index (χ4v) is 3.02. The molecule has 104 valence electrons. The number of halogens is 1. The van der Waals surface area contributed by atoms with Crippen LogP contribution in [0.3, 0.4) is 0 Å². The van der Waals surface area contributed by atoms with Crippen molar-refractivity contribution < 1.29 is 14.3 Å². The second kappa shape index (κ2) is 4.74. The molecule has 0 aliphatic heterocycles. The van der Waals surface area contributed by atoms with Crippen LogP contribution in [0.1, 0.15) is 31.2 Å². The zero-order valence-electron chi connectivity index (χ0n) is 10.9. The Kier molecular flexibility index (Phi) is 3.04. The minimum absolute atomic E-state index is 0.379. The van der Waals surface area contributed by atoms with Gasteiger partial charge in [-0.15, -0.1) is 0 Å². The summed E-state index contributed by atoms with van der Waals surface area (Å²) in [4.78, 5) is 15.5. The summed E-state index contributed by atoms with van der Waals surface area (Å²) in [6, 6.07) is 4.70. The molecular formula is C15H15FN2O2. The molecule has 5 heteroatoms. The smallest absolute Gasteiger partial charge is 0.314 e. The van der Waals surface area contributed by atoms with Crippen molar-refractivity contribution in [3.8, 4) is 5.69 Å². The van der Waals surface area contributed by atoms with Gasteiger partial charge in [-0.3, -0.25) is 4.79 Å². The maximum atomic E-state index is 14.3. The maximum absolute atomic E-state index is 14.3. The van der Waals surface area contributed by atoms with Gasteiger partial charge in [-0.1, -0.05) is 18.9 Å². The zero-order chi connectivity index (χ0) is 14.2. The monoisotopic (exact) mass is 274 g/mol. The van der Waals surface area contributed by atoms with E-state index >= 15 is 0 Å². The fraction of sp³-hybridized carbons (Fsp3) is 0.333. The number of rotatable bonds is 3.